The molecule has 1 unspecified atom stereocenters. The third-order valence-corrected chi connectivity index (χ3v) is 18.0. The molecular formula is C61H93N7O23S3. The SMILES string of the molecule is CCC(=O)N[C@@H](CSC1CC(=O)N(CCC(=O)NCCOCCOCCOCCOCCC(=O)C2(C(C)=O)SS2)C1=O)C(=O)NCCOCCOCCOCCOCCC(=O)C(C(C)=O)(C(C)=O)C(C)=O.CNC(=O)CCNC(=O)CCc1ccc(NC(=O)COC)cc1. The van der Waals surface area contributed by atoms with Gasteiger partial charge in [0.1, 0.15) is 12.6 Å². The summed E-state index contributed by atoms with van der Waals surface area (Å²) >= 11 is 1.07. The van der Waals surface area contributed by atoms with Gasteiger partial charge in [0.2, 0.25) is 52.7 Å². The molecule has 1 aromatic rings. The minimum Gasteiger partial charge on any atom is -0.379 e. The first kappa shape index (κ1) is 84.0. The largest absolute Gasteiger partial charge is 0.379 e. The monoisotopic (exact) mass is 1390 g/mol. The van der Waals surface area contributed by atoms with Crippen LogP contribution in [0.4, 0.5) is 5.69 Å². The fraction of sp³-hybridized carbons (Fsp3) is 0.672. The number of carbonyl (C=O) groups is 14. The number of carbonyl (C=O) groups excluding carboxylic acids is 14. The van der Waals surface area contributed by atoms with Crippen LogP contribution in [0.15, 0.2) is 24.3 Å². The summed E-state index contributed by atoms with van der Waals surface area (Å²) in [6, 6.07) is 6.31. The maximum absolute atomic E-state index is 13.1. The Kier molecular flexibility index (Phi) is 43.4. The molecule has 2 fully saturated rings. The van der Waals surface area contributed by atoms with Gasteiger partial charge in [0.05, 0.1) is 111 Å². The number of Topliss-reactive ketones (excluding diaryl/α,β-unsaturated/α-hetero) is 6. The Morgan fingerprint density at radius 1 is 0.585 bits per heavy atom. The summed E-state index contributed by atoms with van der Waals surface area (Å²) in [5, 5.41) is 15.1. The molecule has 0 bridgehead atoms. The van der Waals surface area contributed by atoms with Crippen molar-refractivity contribution in [1.82, 2.24) is 31.5 Å². The molecule has 3 rings (SSSR count). The topological polar surface area (TPSA) is 397 Å². The van der Waals surface area contributed by atoms with Crippen molar-refractivity contribution in [1.29, 1.82) is 0 Å². The normalized spacial score (nSPS) is 14.2. The van der Waals surface area contributed by atoms with Gasteiger partial charge in [0.25, 0.3) is 0 Å². The van der Waals surface area contributed by atoms with E-state index in [0.717, 1.165) is 43.0 Å². The number of rotatable bonds is 54. The van der Waals surface area contributed by atoms with E-state index in [-0.39, 0.29) is 184 Å². The summed E-state index contributed by atoms with van der Waals surface area (Å²) in [6.07, 6.45) is 1.02. The predicted molar refractivity (Wildman–Crippen MR) is 346 cm³/mol. The molecule has 8 amide bonds. The fourth-order valence-corrected chi connectivity index (χ4v) is 11.9. The number of hydrogen-bond acceptors (Lipinski definition) is 26. The van der Waals surface area contributed by atoms with Crippen molar-refractivity contribution in [3.05, 3.63) is 29.8 Å². The van der Waals surface area contributed by atoms with Crippen LogP contribution in [0.25, 0.3) is 0 Å². The Balaban J connectivity index is 0.00000109. The van der Waals surface area contributed by atoms with Gasteiger partial charge in [-0.2, -0.15) is 0 Å². The number of methoxy groups -OCH3 is 1. The van der Waals surface area contributed by atoms with Crippen LogP contribution in [0.5, 0.6) is 0 Å². The number of amides is 8. The highest BCUT2D eigenvalue weighted by Crippen LogP contribution is 2.66. The number of nitrogens with one attached hydrogen (secondary N) is 6. The van der Waals surface area contributed by atoms with E-state index in [2.05, 4.69) is 31.9 Å². The maximum atomic E-state index is 13.1. The van der Waals surface area contributed by atoms with Crippen LogP contribution in [0.1, 0.15) is 85.1 Å². The number of ketones is 6. The van der Waals surface area contributed by atoms with Crippen LogP contribution in [-0.2, 0) is 116 Å². The van der Waals surface area contributed by atoms with E-state index in [9.17, 15) is 67.1 Å². The van der Waals surface area contributed by atoms with Crippen LogP contribution in [-0.4, -0.2) is 261 Å². The van der Waals surface area contributed by atoms with Crippen LogP contribution in [0.3, 0.4) is 0 Å². The highest BCUT2D eigenvalue weighted by Gasteiger charge is 2.57. The summed E-state index contributed by atoms with van der Waals surface area (Å²) in [5.41, 5.74) is -0.602. The number of anilines is 1. The van der Waals surface area contributed by atoms with Crippen molar-refractivity contribution < 1.29 is 110 Å². The zero-order valence-corrected chi connectivity index (χ0v) is 57.2. The molecule has 2 saturated heterocycles. The average Bonchev–Trinajstić information content (AvgIpc) is 1.48. The van der Waals surface area contributed by atoms with Gasteiger partial charge in [-0.1, -0.05) is 40.6 Å². The predicted octanol–water partition coefficient (Wildman–Crippen LogP) is 0.306. The number of ether oxygens (including phenoxy) is 9. The summed E-state index contributed by atoms with van der Waals surface area (Å²) in [6.45, 7) is 10.4. The van der Waals surface area contributed by atoms with Gasteiger partial charge in [0.15, 0.2) is 38.8 Å². The fourth-order valence-electron chi connectivity index (χ4n) is 8.50. The highest BCUT2D eigenvalue weighted by atomic mass is 33.2. The summed E-state index contributed by atoms with van der Waals surface area (Å²) in [5.74, 6) is -6.04. The molecule has 0 aromatic heterocycles. The minimum atomic E-state index is -2.28. The Morgan fingerprint density at radius 3 is 1.54 bits per heavy atom. The number of imide groups is 1. The van der Waals surface area contributed by atoms with Crippen molar-refractivity contribution in [2.24, 2.45) is 5.41 Å². The molecule has 0 spiro atoms. The van der Waals surface area contributed by atoms with Gasteiger partial charge in [-0.15, -0.1) is 11.8 Å². The Labute approximate surface area is 560 Å². The molecule has 6 N–H and O–H groups in total. The number of hydrogen-bond donors (Lipinski definition) is 6. The average molecular weight is 1390 g/mol. The number of benzene rings is 1. The minimum absolute atomic E-state index is 0.0119. The van der Waals surface area contributed by atoms with Gasteiger partial charge in [-0.3, -0.25) is 72.0 Å². The zero-order chi connectivity index (χ0) is 69.7. The first-order valence-electron chi connectivity index (χ1n) is 30.7. The lowest BCUT2D eigenvalue weighted by Gasteiger charge is -2.23. The molecule has 2 heterocycles. The van der Waals surface area contributed by atoms with Crippen LogP contribution in [0, 0.1) is 5.41 Å². The molecule has 2 aliphatic rings. The molecule has 0 aliphatic carbocycles. The van der Waals surface area contributed by atoms with E-state index in [0.29, 0.717) is 58.1 Å². The third-order valence-electron chi connectivity index (χ3n) is 13.7. The quantitative estimate of drug-likeness (QED) is 0.0168. The maximum Gasteiger partial charge on any atom is 0.250 e. The van der Waals surface area contributed by atoms with Gasteiger partial charge in [0, 0.05) is 96.7 Å². The van der Waals surface area contributed by atoms with Gasteiger partial charge in [-0.05, 0) is 51.8 Å². The lowest BCUT2D eigenvalue weighted by molar-refractivity contribution is -0.154. The molecule has 0 saturated carbocycles. The second-order valence-electron chi connectivity index (χ2n) is 20.7. The highest BCUT2D eigenvalue weighted by molar-refractivity contribution is 8.94. The van der Waals surface area contributed by atoms with Crippen LogP contribution < -0.4 is 31.9 Å². The van der Waals surface area contributed by atoms with Crippen LogP contribution >= 0.6 is 33.3 Å². The van der Waals surface area contributed by atoms with Crippen LogP contribution in [0.2, 0.25) is 0 Å². The number of likely N-dealkylation sites (tertiary alicyclic amines) is 1. The van der Waals surface area contributed by atoms with Crippen molar-refractivity contribution in [2.45, 2.75) is 101 Å². The second-order valence-corrected chi connectivity index (χ2v) is 24.8. The zero-order valence-electron chi connectivity index (χ0n) is 54.7. The van der Waals surface area contributed by atoms with Gasteiger partial charge < -0.3 is 74.5 Å². The van der Waals surface area contributed by atoms with Crippen molar-refractivity contribution in [3.8, 4) is 0 Å². The van der Waals surface area contributed by atoms with Gasteiger partial charge in [-0.25, -0.2) is 0 Å². The molecule has 94 heavy (non-hydrogen) atoms. The molecule has 33 heteroatoms. The van der Waals surface area contributed by atoms with E-state index in [4.69, 9.17) is 42.6 Å². The lowest BCUT2D eigenvalue weighted by Crippen LogP contribution is -2.50. The summed E-state index contributed by atoms with van der Waals surface area (Å²) in [4.78, 5) is 171. The second kappa shape index (κ2) is 48.6. The molecule has 0 radical (unpaired) electrons. The standard InChI is InChI=1S/C45H70N4O19S3.C16H23N3O4/c1-6-39(56)48-35(42(59)47-11-16-64-20-24-68-28-25-65-21-17-61-13-8-37(54)44(31(2)50,32(3)51)33(4)52)30-69-36-29-41(58)49(43(36)60)12-7-40(57)46-10-15-63-19-23-67-27-26-66-22-18-62-14-9-38(55)45(34(5)53)70-71-45;1-17-14(20)9-10-18-15(21)8-5-12-3-6-13(7-4-12)19-16(22)11-23-2/h35-36H,6-30H2,1-5H3,(H,46,57)(H,47,59)(H,48,56);3-4,6-7H,5,8-11H2,1-2H3,(H,17,20)(H,18,21)(H,19,22)/t35-,36?;/m0./s1. The molecule has 1 aromatic carbocycles. The van der Waals surface area contributed by atoms with E-state index in [1.165, 1.54) is 35.6 Å². The third kappa shape index (κ3) is 33.0. The molecule has 30 nitrogen and oxygen atoms in total. The molecular weight excluding hydrogens is 1290 g/mol. The summed E-state index contributed by atoms with van der Waals surface area (Å²) < 4.78 is 47.2. The van der Waals surface area contributed by atoms with Crippen molar-refractivity contribution in [3.63, 3.8) is 0 Å². The Morgan fingerprint density at radius 2 is 1.06 bits per heavy atom. The smallest absolute Gasteiger partial charge is 0.250 e. The van der Waals surface area contributed by atoms with E-state index in [1.54, 1.807) is 26.1 Å². The Bertz CT molecular complexity index is 2600. The van der Waals surface area contributed by atoms with E-state index < -0.39 is 61.6 Å². The van der Waals surface area contributed by atoms with E-state index >= 15 is 0 Å². The van der Waals surface area contributed by atoms with Crippen molar-refractivity contribution >= 4 is 121 Å². The molecule has 528 valence electrons. The molecule has 2 aliphatic heterocycles. The summed E-state index contributed by atoms with van der Waals surface area (Å²) in [7, 11) is 5.58. The van der Waals surface area contributed by atoms with Crippen molar-refractivity contribution in [2.75, 3.05) is 164 Å². The first-order chi connectivity index (χ1) is 45.0. The van der Waals surface area contributed by atoms with Gasteiger partial charge >= 0.3 is 0 Å². The lowest BCUT2D eigenvalue weighted by atomic mass is 9.72. The van der Waals surface area contributed by atoms with E-state index in [1.807, 2.05) is 12.1 Å². The Hall–Kier alpha value is -6.11. The number of thioether (sulfide) groups is 1. The molecule has 2 atom stereocenters. The first-order valence-corrected chi connectivity index (χ1v) is 33.9. The number of nitrogens with zero attached hydrogens (tertiary/aromatic N) is 1. The number of aryl methyl sites for hydroxylation is 1.